The van der Waals surface area contributed by atoms with Crippen LogP contribution in [0, 0.1) is 11.8 Å². The number of alkyl halides is 2. The second-order valence-corrected chi connectivity index (χ2v) is 5.16. The van der Waals surface area contributed by atoms with Crippen molar-refractivity contribution in [2.75, 3.05) is 0 Å². The Bertz CT molecular complexity index is 161. The molecule has 0 spiro atoms. The molecule has 0 nitrogen and oxygen atoms in total. The van der Waals surface area contributed by atoms with Gasteiger partial charge in [-0.15, -0.1) is 23.2 Å². The fourth-order valence-electron chi connectivity index (χ4n) is 0.291. The van der Waals surface area contributed by atoms with Crippen LogP contribution < -0.4 is 0 Å². The van der Waals surface area contributed by atoms with Crippen molar-refractivity contribution in [3.05, 3.63) is 24.3 Å². The van der Waals surface area contributed by atoms with Gasteiger partial charge in [0.1, 0.15) is 4.84 Å². The van der Waals surface area contributed by atoms with Crippen LogP contribution in [-0.2, 0) is 0 Å². The summed E-state index contributed by atoms with van der Waals surface area (Å²) in [6.45, 7) is 17.5. The normalized spacial score (nSPS) is 12.1. The molecule has 84 valence electrons. The molecule has 0 saturated heterocycles. The molecule has 14 heavy (non-hydrogen) atoms. The monoisotopic (exact) mass is 236 g/mol. The summed E-state index contributed by atoms with van der Waals surface area (Å²) < 4.78 is 0. The molecular formula is C12H22Cl2. The van der Waals surface area contributed by atoms with E-state index < -0.39 is 0 Å². The number of allylic oxidation sites excluding steroid dienone is 2. The van der Waals surface area contributed by atoms with Crippen LogP contribution in [0.25, 0.3) is 0 Å². The van der Waals surface area contributed by atoms with Crippen molar-refractivity contribution in [2.24, 2.45) is 11.8 Å². The highest BCUT2D eigenvalue weighted by atomic mass is 35.5. The highest BCUT2D eigenvalue weighted by Crippen LogP contribution is 2.21. The first-order chi connectivity index (χ1) is 6.20. The molecule has 0 aromatic rings. The zero-order chi connectivity index (χ0) is 11.9. The predicted molar refractivity (Wildman–Crippen MR) is 69.1 cm³/mol. The smallest absolute Gasteiger partial charge is 0.105 e. The van der Waals surface area contributed by atoms with E-state index in [2.05, 4.69) is 33.9 Å². The Balaban J connectivity index is 0. The molecule has 2 heteroatoms. The Morgan fingerprint density at radius 3 is 1.21 bits per heavy atom. The van der Waals surface area contributed by atoms with Gasteiger partial charge >= 0.3 is 0 Å². The van der Waals surface area contributed by atoms with Crippen LogP contribution in [0.1, 0.15) is 34.6 Å². The Kier molecular flexibility index (Phi) is 9.86. The second kappa shape index (κ2) is 8.38. The van der Waals surface area contributed by atoms with Crippen LogP contribution in [0.3, 0.4) is 0 Å². The lowest BCUT2D eigenvalue weighted by molar-refractivity contribution is 0.445. The van der Waals surface area contributed by atoms with E-state index in [1.54, 1.807) is 0 Å². The molecule has 0 fully saturated rings. The van der Waals surface area contributed by atoms with Gasteiger partial charge in [0.05, 0.1) is 0 Å². The lowest BCUT2D eigenvalue weighted by Crippen LogP contribution is -2.11. The van der Waals surface area contributed by atoms with Gasteiger partial charge < -0.3 is 0 Å². The van der Waals surface area contributed by atoms with Gasteiger partial charge in [0, 0.05) is 0 Å². The van der Waals surface area contributed by atoms with Crippen molar-refractivity contribution in [3.8, 4) is 0 Å². The Labute approximate surface area is 99.0 Å². The third kappa shape index (κ3) is 10.1. The average molecular weight is 237 g/mol. The summed E-state index contributed by atoms with van der Waals surface area (Å²) in [5.41, 5.74) is 2.13. The maximum Gasteiger partial charge on any atom is 0.110 e. The van der Waals surface area contributed by atoms with E-state index in [1.165, 1.54) is 0 Å². The van der Waals surface area contributed by atoms with Crippen molar-refractivity contribution in [1.29, 1.82) is 0 Å². The van der Waals surface area contributed by atoms with E-state index >= 15 is 0 Å². The highest BCUT2D eigenvalue weighted by molar-refractivity contribution is 6.44. The van der Waals surface area contributed by atoms with Gasteiger partial charge in [-0.1, -0.05) is 45.1 Å². The topological polar surface area (TPSA) is 0 Å². The van der Waals surface area contributed by atoms with Crippen molar-refractivity contribution < 1.29 is 0 Å². The summed E-state index contributed by atoms with van der Waals surface area (Å²) in [6, 6.07) is 0. The quantitative estimate of drug-likeness (QED) is 0.466. The van der Waals surface area contributed by atoms with Crippen molar-refractivity contribution in [2.45, 2.75) is 39.5 Å². The molecule has 0 bridgehead atoms. The Hall–Kier alpha value is 0.0600. The predicted octanol–water partition coefficient (Wildman–Crippen LogP) is 5.22. The molecule has 0 radical (unpaired) electrons. The Morgan fingerprint density at radius 2 is 1.21 bits per heavy atom. The fourth-order valence-corrected chi connectivity index (χ4v) is 0.873. The van der Waals surface area contributed by atoms with Crippen LogP contribution in [-0.4, -0.2) is 4.84 Å². The van der Waals surface area contributed by atoms with Crippen LogP contribution >= 0.6 is 23.2 Å². The summed E-state index contributed by atoms with van der Waals surface area (Å²) in [5, 5.41) is 0. The lowest BCUT2D eigenvalue weighted by Gasteiger charge is -2.15. The van der Waals surface area contributed by atoms with Gasteiger partial charge in [0.2, 0.25) is 0 Å². The highest BCUT2D eigenvalue weighted by Gasteiger charge is 2.13. The molecule has 0 aromatic heterocycles. The zero-order valence-corrected chi connectivity index (χ0v) is 11.4. The minimum Gasteiger partial charge on any atom is -0.105 e. The van der Waals surface area contributed by atoms with Crippen LogP contribution in [0.2, 0.25) is 0 Å². The van der Waals surface area contributed by atoms with E-state index in [9.17, 15) is 0 Å². The van der Waals surface area contributed by atoms with Gasteiger partial charge in [-0.2, -0.15) is 0 Å². The molecule has 1 atom stereocenters. The van der Waals surface area contributed by atoms with Gasteiger partial charge in [0.25, 0.3) is 0 Å². The third-order valence-electron chi connectivity index (χ3n) is 2.18. The summed E-state index contributed by atoms with van der Waals surface area (Å²) in [5.74, 6) is 0.980. The molecule has 0 amide bonds. The number of hydrogen-bond acceptors (Lipinski definition) is 0. The first-order valence-electron chi connectivity index (χ1n) is 4.79. The van der Waals surface area contributed by atoms with Gasteiger partial charge in [-0.25, -0.2) is 0 Å². The summed E-state index contributed by atoms with van der Waals surface area (Å²) in [7, 11) is 0. The van der Waals surface area contributed by atoms with Gasteiger partial charge in [0.15, 0.2) is 0 Å². The van der Waals surface area contributed by atoms with Gasteiger partial charge in [-0.05, 0) is 25.7 Å². The SMILES string of the molecule is C=C(C)C(=C)C.CC(C)C(C)C(Cl)Cl. The first-order valence-corrected chi connectivity index (χ1v) is 5.67. The molecule has 0 aromatic carbocycles. The third-order valence-corrected chi connectivity index (χ3v) is 2.97. The standard InChI is InChI=1S/C6H12Cl2.C6H10/c1-4(2)5(3)6(7)8;1-5(2)6(3)4/h4-6H,1-3H3;1,3H2,2,4H3. The molecule has 0 saturated carbocycles. The molecule has 0 rings (SSSR count). The van der Waals surface area contributed by atoms with E-state index in [4.69, 9.17) is 23.2 Å². The van der Waals surface area contributed by atoms with Crippen molar-refractivity contribution in [1.82, 2.24) is 0 Å². The molecule has 0 aliphatic rings. The van der Waals surface area contributed by atoms with Crippen LogP contribution in [0.15, 0.2) is 24.3 Å². The minimum absolute atomic E-state index is 0.213. The minimum atomic E-state index is -0.213. The fraction of sp³-hybridized carbons (Fsp3) is 0.667. The maximum absolute atomic E-state index is 5.59. The van der Waals surface area contributed by atoms with Crippen LogP contribution in [0.4, 0.5) is 0 Å². The molecule has 0 heterocycles. The lowest BCUT2D eigenvalue weighted by atomic mass is 10.0. The largest absolute Gasteiger partial charge is 0.110 e. The average Bonchev–Trinajstić information content (AvgIpc) is 2.03. The van der Waals surface area contributed by atoms with E-state index in [1.807, 2.05) is 13.8 Å². The molecule has 0 aliphatic carbocycles. The Morgan fingerprint density at radius 1 is 0.929 bits per heavy atom. The summed E-state index contributed by atoms with van der Waals surface area (Å²) in [6.07, 6.45) is 0. The van der Waals surface area contributed by atoms with Gasteiger partial charge in [-0.3, -0.25) is 0 Å². The van der Waals surface area contributed by atoms with E-state index in [0.29, 0.717) is 11.8 Å². The summed E-state index contributed by atoms with van der Waals surface area (Å²) in [4.78, 5) is -0.213. The second-order valence-electron chi connectivity index (χ2n) is 4.00. The first kappa shape index (κ1) is 16.5. The van der Waals surface area contributed by atoms with E-state index in [0.717, 1.165) is 11.1 Å². The van der Waals surface area contributed by atoms with Crippen molar-refractivity contribution >= 4 is 23.2 Å². The molecule has 1 unspecified atom stereocenters. The van der Waals surface area contributed by atoms with Crippen molar-refractivity contribution in [3.63, 3.8) is 0 Å². The summed E-state index contributed by atoms with van der Waals surface area (Å²) >= 11 is 11.2. The molecular weight excluding hydrogens is 215 g/mol. The number of hydrogen-bond donors (Lipinski definition) is 0. The number of halogens is 2. The van der Waals surface area contributed by atoms with E-state index in [-0.39, 0.29) is 4.84 Å². The zero-order valence-electron chi connectivity index (χ0n) is 9.90. The molecule has 0 N–H and O–H groups in total. The maximum atomic E-state index is 5.59. The number of rotatable bonds is 3. The molecule has 0 aliphatic heterocycles. The van der Waals surface area contributed by atoms with Crippen LogP contribution in [0.5, 0.6) is 0 Å².